The third-order valence-corrected chi connectivity index (χ3v) is 6.33. The Hall–Kier alpha value is -1.58. The molecular formula is C18H23NO3. The highest BCUT2D eigenvalue weighted by molar-refractivity contribution is 5.93. The van der Waals surface area contributed by atoms with Crippen LogP contribution in [0.2, 0.25) is 0 Å². The summed E-state index contributed by atoms with van der Waals surface area (Å²) in [5.74, 6) is 3.92. The average molecular weight is 301 g/mol. The Labute approximate surface area is 130 Å². The average Bonchev–Trinajstić information content (AvgIpc) is 2.70. The normalized spacial score (nSPS) is 37.0. The highest BCUT2D eigenvalue weighted by atomic mass is 16.4. The molecule has 0 saturated heterocycles. The molecule has 118 valence electrons. The zero-order valence-electron chi connectivity index (χ0n) is 13.0. The number of hydrogen-bond acceptors (Lipinski definition) is 3. The number of amides is 1. The van der Waals surface area contributed by atoms with E-state index in [1.165, 1.54) is 50.5 Å². The van der Waals surface area contributed by atoms with Crippen molar-refractivity contribution in [3.05, 3.63) is 34.4 Å². The Bertz CT molecular complexity index is 617. The van der Waals surface area contributed by atoms with Crippen LogP contribution < -0.4 is 10.9 Å². The predicted molar refractivity (Wildman–Crippen MR) is 82.4 cm³/mol. The van der Waals surface area contributed by atoms with Crippen LogP contribution in [0.1, 0.15) is 49.4 Å². The van der Waals surface area contributed by atoms with E-state index in [-0.39, 0.29) is 11.9 Å². The molecule has 3 fully saturated rings. The third-order valence-electron chi connectivity index (χ3n) is 6.33. The lowest BCUT2D eigenvalue weighted by Crippen LogP contribution is -2.48. The first kappa shape index (κ1) is 14.0. The van der Waals surface area contributed by atoms with Crippen molar-refractivity contribution in [2.24, 2.45) is 29.6 Å². The van der Waals surface area contributed by atoms with E-state index in [2.05, 4.69) is 12.2 Å². The zero-order valence-corrected chi connectivity index (χ0v) is 13.0. The number of rotatable bonds is 3. The van der Waals surface area contributed by atoms with Crippen molar-refractivity contribution in [1.29, 1.82) is 0 Å². The van der Waals surface area contributed by atoms with Crippen LogP contribution >= 0.6 is 0 Å². The maximum Gasteiger partial charge on any atom is 0.335 e. The molecule has 0 radical (unpaired) electrons. The molecule has 4 nitrogen and oxygen atoms in total. The molecule has 3 bridgehead atoms. The van der Waals surface area contributed by atoms with Gasteiger partial charge in [-0.3, -0.25) is 4.79 Å². The summed E-state index contributed by atoms with van der Waals surface area (Å²) < 4.78 is 4.79. The second-order valence-corrected chi connectivity index (χ2v) is 7.52. The second-order valence-electron chi connectivity index (χ2n) is 7.52. The summed E-state index contributed by atoms with van der Waals surface area (Å²) >= 11 is 0. The van der Waals surface area contributed by atoms with E-state index in [1.54, 1.807) is 0 Å². The van der Waals surface area contributed by atoms with E-state index in [0.29, 0.717) is 11.5 Å². The number of fused-ring (bicyclic) bond motifs is 2. The summed E-state index contributed by atoms with van der Waals surface area (Å²) in [6.07, 6.45) is 8.13. The van der Waals surface area contributed by atoms with Crippen LogP contribution in [-0.2, 0) is 0 Å². The maximum atomic E-state index is 12.3. The lowest BCUT2D eigenvalue weighted by molar-refractivity contribution is 0.0518. The van der Waals surface area contributed by atoms with E-state index >= 15 is 0 Å². The summed E-state index contributed by atoms with van der Waals surface area (Å²) in [5.41, 5.74) is 0.00269. The molecule has 0 aromatic carbocycles. The number of carbonyl (C=O) groups excluding carboxylic acids is 1. The minimum Gasteiger partial charge on any atom is -0.430 e. The number of hydrogen-bond donors (Lipinski definition) is 1. The molecule has 6 atom stereocenters. The van der Waals surface area contributed by atoms with Gasteiger partial charge in [0.2, 0.25) is 0 Å². The Kier molecular flexibility index (Phi) is 3.35. The van der Waals surface area contributed by atoms with E-state index in [1.807, 2.05) is 0 Å². The van der Waals surface area contributed by atoms with Gasteiger partial charge in [-0.2, -0.15) is 0 Å². The summed E-state index contributed by atoms with van der Waals surface area (Å²) in [5, 5.41) is 3.15. The summed E-state index contributed by atoms with van der Waals surface area (Å²) in [6.45, 7) is 2.15. The first-order valence-electron chi connectivity index (χ1n) is 8.51. The molecule has 4 rings (SSSR count). The quantitative estimate of drug-likeness (QED) is 0.934. The molecule has 1 N–H and O–H groups in total. The molecule has 3 aliphatic rings. The fourth-order valence-electron chi connectivity index (χ4n) is 5.60. The molecule has 3 saturated carbocycles. The van der Waals surface area contributed by atoms with Gasteiger partial charge in [-0.1, -0.05) is 0 Å². The van der Waals surface area contributed by atoms with Gasteiger partial charge in [0.05, 0.1) is 5.56 Å². The van der Waals surface area contributed by atoms with Crippen molar-refractivity contribution in [1.82, 2.24) is 5.32 Å². The second kappa shape index (κ2) is 5.25. The Morgan fingerprint density at radius 3 is 2.77 bits per heavy atom. The SMILES string of the molecule is C[C@H](NC(=O)c1ccc(=O)oc1)[C@@H]1[C@H]2CC[C@H]3C[C@@H](C2)C[C@H]31. The van der Waals surface area contributed by atoms with Gasteiger partial charge in [-0.25, -0.2) is 4.79 Å². The van der Waals surface area contributed by atoms with Crippen LogP contribution in [-0.4, -0.2) is 11.9 Å². The van der Waals surface area contributed by atoms with E-state index in [9.17, 15) is 9.59 Å². The van der Waals surface area contributed by atoms with Gasteiger partial charge in [0.1, 0.15) is 6.26 Å². The third kappa shape index (κ3) is 2.29. The van der Waals surface area contributed by atoms with Crippen molar-refractivity contribution >= 4 is 5.91 Å². The Morgan fingerprint density at radius 1 is 1.23 bits per heavy atom. The highest BCUT2D eigenvalue weighted by Crippen LogP contribution is 2.58. The molecule has 1 amide bonds. The minimum atomic E-state index is -0.425. The molecule has 3 aliphatic carbocycles. The van der Waals surface area contributed by atoms with Crippen molar-refractivity contribution in [3.63, 3.8) is 0 Å². The number of nitrogens with one attached hydrogen (secondary N) is 1. The maximum absolute atomic E-state index is 12.3. The smallest absolute Gasteiger partial charge is 0.335 e. The molecule has 4 heteroatoms. The predicted octanol–water partition coefficient (Wildman–Crippen LogP) is 2.83. The lowest BCUT2D eigenvalue weighted by Gasteiger charge is -2.45. The van der Waals surface area contributed by atoms with E-state index in [4.69, 9.17) is 4.42 Å². The topological polar surface area (TPSA) is 59.3 Å². The lowest BCUT2D eigenvalue weighted by atomic mass is 9.62. The fraction of sp³-hybridized carbons (Fsp3) is 0.667. The van der Waals surface area contributed by atoms with Crippen LogP contribution in [0.25, 0.3) is 0 Å². The van der Waals surface area contributed by atoms with E-state index < -0.39 is 5.63 Å². The molecule has 1 aromatic heterocycles. The van der Waals surface area contributed by atoms with Gasteiger partial charge >= 0.3 is 5.63 Å². The first-order chi connectivity index (χ1) is 10.6. The fourth-order valence-corrected chi connectivity index (χ4v) is 5.60. The minimum absolute atomic E-state index is 0.132. The monoisotopic (exact) mass is 301 g/mol. The van der Waals surface area contributed by atoms with Crippen LogP contribution in [0.4, 0.5) is 0 Å². The highest BCUT2D eigenvalue weighted by Gasteiger charge is 2.51. The van der Waals surface area contributed by atoms with Crippen LogP contribution in [0.5, 0.6) is 0 Å². The van der Waals surface area contributed by atoms with Crippen LogP contribution in [0.3, 0.4) is 0 Å². The standard InChI is InChI=1S/C18H23NO3/c1-10(19-18(21)14-4-5-16(20)22-9-14)17-13-3-2-12-6-11(7-13)8-15(12)17/h4-5,9-13,15,17H,2-3,6-8H2,1H3,(H,19,21)/t10-,11-,12-,13-,15+,17+/m0/s1. The largest absolute Gasteiger partial charge is 0.430 e. The number of carbonyl (C=O) groups is 1. The molecule has 1 heterocycles. The van der Waals surface area contributed by atoms with Crippen LogP contribution in [0.15, 0.2) is 27.6 Å². The molecule has 0 aliphatic heterocycles. The van der Waals surface area contributed by atoms with Gasteiger partial charge in [0, 0.05) is 12.1 Å². The van der Waals surface area contributed by atoms with Crippen molar-refractivity contribution in [2.45, 2.75) is 45.1 Å². The molecule has 0 spiro atoms. The van der Waals surface area contributed by atoms with Gasteiger partial charge < -0.3 is 9.73 Å². The van der Waals surface area contributed by atoms with Crippen molar-refractivity contribution in [2.75, 3.05) is 0 Å². The van der Waals surface area contributed by atoms with Crippen LogP contribution in [0, 0.1) is 29.6 Å². The Balaban J connectivity index is 1.48. The molecular weight excluding hydrogens is 278 g/mol. The van der Waals surface area contributed by atoms with Gasteiger partial charge in [0.25, 0.3) is 5.91 Å². The van der Waals surface area contributed by atoms with Crippen molar-refractivity contribution < 1.29 is 9.21 Å². The summed E-state index contributed by atoms with van der Waals surface area (Å²) in [7, 11) is 0. The summed E-state index contributed by atoms with van der Waals surface area (Å²) in [6, 6.07) is 3.02. The molecule has 0 unspecified atom stereocenters. The van der Waals surface area contributed by atoms with Gasteiger partial charge in [0.15, 0.2) is 0 Å². The Morgan fingerprint density at radius 2 is 2.00 bits per heavy atom. The van der Waals surface area contributed by atoms with Gasteiger partial charge in [-0.15, -0.1) is 0 Å². The first-order valence-corrected chi connectivity index (χ1v) is 8.51. The zero-order chi connectivity index (χ0) is 15.3. The van der Waals surface area contributed by atoms with E-state index in [0.717, 1.165) is 23.7 Å². The van der Waals surface area contributed by atoms with Crippen molar-refractivity contribution in [3.8, 4) is 0 Å². The molecule has 22 heavy (non-hydrogen) atoms. The summed E-state index contributed by atoms with van der Waals surface area (Å²) in [4.78, 5) is 23.3. The van der Waals surface area contributed by atoms with Gasteiger partial charge in [-0.05, 0) is 74.7 Å². The molecule has 1 aromatic rings.